The lowest BCUT2D eigenvalue weighted by Gasteiger charge is -2.40. The average molecular weight is 239 g/mol. The molecule has 5 heteroatoms. The maximum atomic E-state index is 13.0. The molecule has 0 aromatic heterocycles. The van der Waals surface area contributed by atoms with E-state index in [0.717, 1.165) is 24.6 Å². The number of carbonyl (C=O) groups is 1. The third kappa shape index (κ3) is 2.24. The van der Waals surface area contributed by atoms with E-state index in [4.69, 9.17) is 0 Å². The Morgan fingerprint density at radius 1 is 1.47 bits per heavy atom. The molecule has 1 aliphatic rings. The van der Waals surface area contributed by atoms with Crippen LogP contribution in [0.5, 0.6) is 5.75 Å². The van der Waals surface area contributed by atoms with E-state index >= 15 is 0 Å². The Labute approximate surface area is 98.1 Å². The van der Waals surface area contributed by atoms with Crippen molar-refractivity contribution in [2.24, 2.45) is 0 Å². The lowest BCUT2D eigenvalue weighted by molar-refractivity contribution is 0.0639. The molecule has 1 aromatic carbocycles. The summed E-state index contributed by atoms with van der Waals surface area (Å²) in [5.41, 5.74) is -0.708. The summed E-state index contributed by atoms with van der Waals surface area (Å²) in [7, 11) is 0. The molecule has 0 heterocycles. The Bertz CT molecular complexity index is 438. The third-order valence-corrected chi connectivity index (χ3v) is 3.20. The number of aromatic hydroxyl groups is 1. The van der Waals surface area contributed by atoms with Crippen LogP contribution >= 0.6 is 0 Å². The van der Waals surface area contributed by atoms with E-state index in [-0.39, 0.29) is 17.9 Å². The van der Waals surface area contributed by atoms with Gasteiger partial charge in [-0.25, -0.2) is 4.39 Å². The zero-order valence-electron chi connectivity index (χ0n) is 9.24. The summed E-state index contributed by atoms with van der Waals surface area (Å²) in [6.07, 6.45) is 2.34. The third-order valence-electron chi connectivity index (χ3n) is 3.20. The van der Waals surface area contributed by atoms with Crippen molar-refractivity contribution in [2.75, 3.05) is 6.61 Å². The summed E-state index contributed by atoms with van der Waals surface area (Å²) >= 11 is 0. The number of carbonyl (C=O) groups excluding carboxylic acids is 1. The number of amides is 1. The molecule has 1 aromatic rings. The SMILES string of the molecule is O=C(NC1(CO)CCC1)c1cc(F)ccc1O. The maximum absolute atomic E-state index is 13.0. The summed E-state index contributed by atoms with van der Waals surface area (Å²) in [4.78, 5) is 11.8. The van der Waals surface area contributed by atoms with Crippen molar-refractivity contribution in [2.45, 2.75) is 24.8 Å². The van der Waals surface area contributed by atoms with Crippen molar-refractivity contribution in [3.8, 4) is 5.75 Å². The highest BCUT2D eigenvalue weighted by atomic mass is 19.1. The second kappa shape index (κ2) is 4.33. The Kier molecular flexibility index (Phi) is 3.02. The number of halogens is 1. The van der Waals surface area contributed by atoms with Crippen molar-refractivity contribution >= 4 is 5.91 Å². The van der Waals surface area contributed by atoms with E-state index in [0.29, 0.717) is 12.8 Å². The summed E-state index contributed by atoms with van der Waals surface area (Å²) in [6.45, 7) is -0.144. The van der Waals surface area contributed by atoms with Crippen LogP contribution in [0.15, 0.2) is 18.2 Å². The first-order valence-corrected chi connectivity index (χ1v) is 5.48. The predicted molar refractivity (Wildman–Crippen MR) is 59.2 cm³/mol. The van der Waals surface area contributed by atoms with Crippen LogP contribution in [-0.2, 0) is 0 Å². The van der Waals surface area contributed by atoms with Crippen LogP contribution in [0.1, 0.15) is 29.6 Å². The van der Waals surface area contributed by atoms with E-state index < -0.39 is 17.3 Å². The molecule has 17 heavy (non-hydrogen) atoms. The summed E-state index contributed by atoms with van der Waals surface area (Å²) in [5, 5.41) is 21.3. The van der Waals surface area contributed by atoms with Gasteiger partial charge in [0.1, 0.15) is 11.6 Å². The Hall–Kier alpha value is -1.62. The van der Waals surface area contributed by atoms with Crippen molar-refractivity contribution < 1.29 is 19.4 Å². The Morgan fingerprint density at radius 2 is 2.18 bits per heavy atom. The molecule has 1 saturated carbocycles. The number of aliphatic hydroxyl groups excluding tert-OH is 1. The van der Waals surface area contributed by atoms with Crippen LogP contribution in [0.25, 0.3) is 0 Å². The van der Waals surface area contributed by atoms with Crippen LogP contribution < -0.4 is 5.32 Å². The standard InChI is InChI=1S/C12H14FNO3/c13-8-2-3-10(16)9(6-8)11(17)14-12(7-15)4-1-5-12/h2-3,6,15-16H,1,4-5,7H2,(H,14,17). The predicted octanol–water partition coefficient (Wildman–Crippen LogP) is 1.18. The fraction of sp³-hybridized carbons (Fsp3) is 0.417. The number of hydrogen-bond donors (Lipinski definition) is 3. The highest BCUT2D eigenvalue weighted by molar-refractivity contribution is 5.97. The molecule has 0 spiro atoms. The van der Waals surface area contributed by atoms with Crippen LogP contribution in [0, 0.1) is 5.82 Å². The van der Waals surface area contributed by atoms with Gasteiger partial charge in [0.2, 0.25) is 0 Å². The number of nitrogens with one attached hydrogen (secondary N) is 1. The number of phenolic OH excluding ortho intramolecular Hbond substituents is 1. The van der Waals surface area contributed by atoms with Crippen molar-refractivity contribution in [1.82, 2.24) is 5.32 Å². The van der Waals surface area contributed by atoms with Gasteiger partial charge < -0.3 is 15.5 Å². The second-order valence-electron chi connectivity index (χ2n) is 4.41. The zero-order valence-corrected chi connectivity index (χ0v) is 9.24. The number of phenols is 1. The minimum absolute atomic E-state index is 0.107. The number of hydrogen-bond acceptors (Lipinski definition) is 3. The van der Waals surface area contributed by atoms with Gasteiger partial charge in [-0.3, -0.25) is 4.79 Å². The first kappa shape index (κ1) is 11.9. The molecule has 0 saturated heterocycles. The lowest BCUT2D eigenvalue weighted by Crippen LogP contribution is -2.56. The number of aliphatic hydroxyl groups is 1. The molecule has 1 amide bonds. The van der Waals surface area contributed by atoms with Gasteiger partial charge in [0.15, 0.2) is 0 Å². The molecular formula is C12H14FNO3. The first-order chi connectivity index (χ1) is 8.06. The summed E-state index contributed by atoms with van der Waals surface area (Å²) < 4.78 is 13.0. The molecule has 0 bridgehead atoms. The topological polar surface area (TPSA) is 69.6 Å². The van der Waals surface area contributed by atoms with Gasteiger partial charge >= 0.3 is 0 Å². The van der Waals surface area contributed by atoms with Crippen molar-refractivity contribution in [3.63, 3.8) is 0 Å². The lowest BCUT2D eigenvalue weighted by atomic mass is 9.77. The molecule has 0 atom stereocenters. The van der Waals surface area contributed by atoms with Gasteiger partial charge in [-0.2, -0.15) is 0 Å². The monoisotopic (exact) mass is 239 g/mol. The number of rotatable bonds is 3. The van der Waals surface area contributed by atoms with E-state index in [9.17, 15) is 19.4 Å². The van der Waals surface area contributed by atoms with Gasteiger partial charge in [0.05, 0.1) is 17.7 Å². The highest BCUT2D eigenvalue weighted by Crippen LogP contribution is 2.32. The van der Waals surface area contributed by atoms with Crippen molar-refractivity contribution in [1.29, 1.82) is 0 Å². The van der Waals surface area contributed by atoms with Gasteiger partial charge in [0.25, 0.3) is 5.91 Å². The van der Waals surface area contributed by atoms with Gasteiger partial charge in [-0.15, -0.1) is 0 Å². The zero-order chi connectivity index (χ0) is 12.5. The molecule has 0 unspecified atom stereocenters. The van der Waals surface area contributed by atoms with E-state index in [2.05, 4.69) is 5.32 Å². The largest absolute Gasteiger partial charge is 0.507 e. The van der Waals surface area contributed by atoms with E-state index in [1.165, 1.54) is 0 Å². The molecule has 2 rings (SSSR count). The Balaban J connectivity index is 2.17. The molecule has 1 aliphatic carbocycles. The quantitative estimate of drug-likeness (QED) is 0.741. The average Bonchev–Trinajstić information content (AvgIpc) is 2.26. The highest BCUT2D eigenvalue weighted by Gasteiger charge is 2.38. The minimum Gasteiger partial charge on any atom is -0.507 e. The van der Waals surface area contributed by atoms with Crippen LogP contribution in [0.3, 0.4) is 0 Å². The second-order valence-corrected chi connectivity index (χ2v) is 4.41. The number of benzene rings is 1. The normalized spacial score (nSPS) is 17.3. The molecule has 0 radical (unpaired) electrons. The molecule has 1 fully saturated rings. The van der Waals surface area contributed by atoms with Gasteiger partial charge in [-0.05, 0) is 37.5 Å². The van der Waals surface area contributed by atoms with Crippen molar-refractivity contribution in [3.05, 3.63) is 29.6 Å². The summed E-state index contributed by atoms with van der Waals surface area (Å²) in [6, 6.07) is 3.20. The fourth-order valence-corrected chi connectivity index (χ4v) is 1.92. The molecule has 92 valence electrons. The maximum Gasteiger partial charge on any atom is 0.255 e. The summed E-state index contributed by atoms with van der Waals surface area (Å²) in [5.74, 6) is -1.41. The Morgan fingerprint density at radius 3 is 2.71 bits per heavy atom. The van der Waals surface area contributed by atoms with Crippen LogP contribution in [0.4, 0.5) is 4.39 Å². The molecule has 4 nitrogen and oxygen atoms in total. The van der Waals surface area contributed by atoms with Gasteiger partial charge in [-0.1, -0.05) is 0 Å². The van der Waals surface area contributed by atoms with E-state index in [1.807, 2.05) is 0 Å². The smallest absolute Gasteiger partial charge is 0.255 e. The molecule has 3 N–H and O–H groups in total. The minimum atomic E-state index is -0.601. The first-order valence-electron chi connectivity index (χ1n) is 5.48. The van der Waals surface area contributed by atoms with Crippen LogP contribution in [0.2, 0.25) is 0 Å². The van der Waals surface area contributed by atoms with E-state index in [1.54, 1.807) is 0 Å². The van der Waals surface area contributed by atoms with Crippen LogP contribution in [-0.4, -0.2) is 28.3 Å². The van der Waals surface area contributed by atoms with Gasteiger partial charge in [0, 0.05) is 0 Å². The molecular weight excluding hydrogens is 225 g/mol. The molecule has 0 aliphatic heterocycles. The fourth-order valence-electron chi connectivity index (χ4n) is 1.92.